The molecule has 0 aromatic carbocycles. The van der Waals surface area contributed by atoms with Gasteiger partial charge in [-0.2, -0.15) is 5.10 Å². The second-order valence-electron chi connectivity index (χ2n) is 4.39. The van der Waals surface area contributed by atoms with Crippen LogP contribution in [-0.4, -0.2) is 15.6 Å². The third kappa shape index (κ3) is 2.94. The lowest BCUT2D eigenvalue weighted by atomic mass is 10.1. The predicted octanol–water partition coefficient (Wildman–Crippen LogP) is 3.28. The van der Waals surface area contributed by atoms with Gasteiger partial charge in [0.2, 0.25) is 0 Å². The van der Waals surface area contributed by atoms with E-state index in [4.69, 9.17) is 0 Å². The van der Waals surface area contributed by atoms with Crippen molar-refractivity contribution < 1.29 is 4.79 Å². The molecule has 90 valence electrons. The molecule has 1 aromatic heterocycles. The number of unbranched alkanes of at least 4 members (excludes halogenated alkanes) is 3. The molecular formula is C13H22N2O. The fourth-order valence-corrected chi connectivity index (χ4v) is 2.11. The third-order valence-corrected chi connectivity index (χ3v) is 2.96. The first-order valence-electron chi connectivity index (χ1n) is 6.12. The highest BCUT2D eigenvalue weighted by Crippen LogP contribution is 2.14. The molecule has 0 aliphatic carbocycles. The van der Waals surface area contributed by atoms with Crippen LogP contribution in [0.25, 0.3) is 0 Å². The fraction of sp³-hybridized carbons (Fsp3) is 0.692. The topological polar surface area (TPSA) is 34.9 Å². The number of rotatable bonds is 6. The number of carbonyl (C=O) groups excluding carboxylic acids is 1. The van der Waals surface area contributed by atoms with Gasteiger partial charge in [0.25, 0.3) is 0 Å². The summed E-state index contributed by atoms with van der Waals surface area (Å²) in [7, 11) is 0. The van der Waals surface area contributed by atoms with Gasteiger partial charge in [0.15, 0.2) is 5.78 Å². The Morgan fingerprint density at radius 3 is 2.44 bits per heavy atom. The Balaban J connectivity index is 2.67. The number of ketones is 1. The first-order valence-corrected chi connectivity index (χ1v) is 6.12. The van der Waals surface area contributed by atoms with Crippen LogP contribution in [0.5, 0.6) is 0 Å². The average Bonchev–Trinajstić information content (AvgIpc) is 2.49. The van der Waals surface area contributed by atoms with Crippen molar-refractivity contribution in [3.8, 4) is 0 Å². The minimum absolute atomic E-state index is 0.120. The molecule has 0 spiro atoms. The number of hydrogen-bond donors (Lipinski definition) is 0. The van der Waals surface area contributed by atoms with E-state index in [1.54, 1.807) is 6.92 Å². The number of nitrogens with zero attached hydrogens (tertiary/aromatic N) is 2. The molecule has 0 saturated carbocycles. The van der Waals surface area contributed by atoms with E-state index in [9.17, 15) is 4.79 Å². The van der Waals surface area contributed by atoms with Gasteiger partial charge < -0.3 is 0 Å². The summed E-state index contributed by atoms with van der Waals surface area (Å²) in [4.78, 5) is 11.4. The summed E-state index contributed by atoms with van der Waals surface area (Å²) in [5.41, 5.74) is 2.68. The lowest BCUT2D eigenvalue weighted by molar-refractivity contribution is 0.101. The summed E-state index contributed by atoms with van der Waals surface area (Å²) in [6, 6.07) is 0. The van der Waals surface area contributed by atoms with Crippen molar-refractivity contribution in [2.45, 2.75) is 59.9 Å². The molecule has 0 bridgehead atoms. The molecule has 0 amide bonds. The summed E-state index contributed by atoms with van der Waals surface area (Å²) in [6.45, 7) is 8.64. The summed E-state index contributed by atoms with van der Waals surface area (Å²) in [5.74, 6) is 0.120. The highest BCUT2D eigenvalue weighted by atomic mass is 16.1. The maximum absolute atomic E-state index is 11.4. The first kappa shape index (κ1) is 12.9. The molecule has 0 N–H and O–H groups in total. The van der Waals surface area contributed by atoms with E-state index in [1.807, 2.05) is 18.5 Å². The van der Waals surface area contributed by atoms with E-state index in [0.717, 1.165) is 29.9 Å². The summed E-state index contributed by atoms with van der Waals surface area (Å²) in [6.07, 6.45) is 4.91. The van der Waals surface area contributed by atoms with Gasteiger partial charge in [-0.15, -0.1) is 0 Å². The predicted molar refractivity (Wildman–Crippen MR) is 65.8 cm³/mol. The minimum atomic E-state index is 0.120. The van der Waals surface area contributed by atoms with Crippen LogP contribution in [0.1, 0.15) is 61.3 Å². The van der Waals surface area contributed by atoms with Gasteiger partial charge in [-0.3, -0.25) is 9.48 Å². The second kappa shape index (κ2) is 5.83. The Kier molecular flexibility index (Phi) is 4.71. The molecule has 0 unspecified atom stereocenters. The van der Waals surface area contributed by atoms with Crippen LogP contribution in [0.15, 0.2) is 0 Å². The van der Waals surface area contributed by atoms with Crippen molar-refractivity contribution >= 4 is 5.78 Å². The molecule has 1 heterocycles. The van der Waals surface area contributed by atoms with Crippen LogP contribution >= 0.6 is 0 Å². The normalized spacial score (nSPS) is 10.8. The summed E-state index contributed by atoms with van der Waals surface area (Å²) in [5, 5.41) is 4.42. The molecule has 0 radical (unpaired) electrons. The molecule has 0 aliphatic rings. The maximum Gasteiger partial charge on any atom is 0.163 e. The number of hydrogen-bond acceptors (Lipinski definition) is 2. The highest BCUT2D eigenvalue weighted by molar-refractivity contribution is 5.96. The van der Waals surface area contributed by atoms with E-state index in [1.165, 1.54) is 19.3 Å². The first-order chi connectivity index (χ1) is 7.57. The molecule has 1 rings (SSSR count). The molecule has 0 atom stereocenters. The lowest BCUT2D eigenvalue weighted by Gasteiger charge is -2.04. The SMILES string of the molecule is CCCCCCn1nc(C)c(C(C)=O)c1C. The monoisotopic (exact) mass is 222 g/mol. The van der Waals surface area contributed by atoms with Crippen molar-refractivity contribution in [1.82, 2.24) is 9.78 Å². The standard InChI is InChI=1S/C13H22N2O/c1-5-6-7-8-9-15-11(3)13(12(4)16)10(2)14-15/h5-9H2,1-4H3. The van der Waals surface area contributed by atoms with Crippen LogP contribution < -0.4 is 0 Å². The molecule has 3 heteroatoms. The lowest BCUT2D eigenvalue weighted by Crippen LogP contribution is -2.04. The molecule has 1 aromatic rings. The van der Waals surface area contributed by atoms with E-state index in [-0.39, 0.29) is 5.78 Å². The Labute approximate surface area is 97.8 Å². The van der Waals surface area contributed by atoms with Crippen molar-refractivity contribution in [2.75, 3.05) is 0 Å². The maximum atomic E-state index is 11.4. The summed E-state index contributed by atoms with van der Waals surface area (Å²) >= 11 is 0. The van der Waals surface area contributed by atoms with Gasteiger partial charge in [0.1, 0.15) is 0 Å². The zero-order chi connectivity index (χ0) is 12.1. The van der Waals surface area contributed by atoms with Crippen molar-refractivity contribution in [1.29, 1.82) is 0 Å². The van der Waals surface area contributed by atoms with Crippen LogP contribution in [0.4, 0.5) is 0 Å². The molecule has 3 nitrogen and oxygen atoms in total. The Morgan fingerprint density at radius 2 is 1.94 bits per heavy atom. The van der Waals surface area contributed by atoms with E-state index < -0.39 is 0 Å². The fourth-order valence-electron chi connectivity index (χ4n) is 2.11. The average molecular weight is 222 g/mol. The van der Waals surface area contributed by atoms with Gasteiger partial charge in [-0.25, -0.2) is 0 Å². The third-order valence-electron chi connectivity index (χ3n) is 2.96. The van der Waals surface area contributed by atoms with Gasteiger partial charge >= 0.3 is 0 Å². The van der Waals surface area contributed by atoms with Crippen LogP contribution in [-0.2, 0) is 6.54 Å². The Bertz CT molecular complexity index is 366. The molecule has 16 heavy (non-hydrogen) atoms. The molecule has 0 fully saturated rings. The summed E-state index contributed by atoms with van der Waals surface area (Å²) < 4.78 is 1.97. The van der Waals surface area contributed by atoms with E-state index in [2.05, 4.69) is 12.0 Å². The Morgan fingerprint density at radius 1 is 1.25 bits per heavy atom. The number of aryl methyl sites for hydroxylation is 2. The second-order valence-corrected chi connectivity index (χ2v) is 4.39. The Hall–Kier alpha value is -1.12. The van der Waals surface area contributed by atoms with Crippen molar-refractivity contribution in [3.05, 3.63) is 17.0 Å². The number of aromatic nitrogens is 2. The van der Waals surface area contributed by atoms with Crippen LogP contribution in [0.2, 0.25) is 0 Å². The van der Waals surface area contributed by atoms with Crippen LogP contribution in [0, 0.1) is 13.8 Å². The number of carbonyl (C=O) groups is 1. The molecule has 0 saturated heterocycles. The van der Waals surface area contributed by atoms with E-state index in [0.29, 0.717) is 0 Å². The minimum Gasteiger partial charge on any atom is -0.294 e. The largest absolute Gasteiger partial charge is 0.294 e. The molecular weight excluding hydrogens is 200 g/mol. The van der Waals surface area contributed by atoms with Gasteiger partial charge in [0.05, 0.1) is 11.3 Å². The van der Waals surface area contributed by atoms with Gasteiger partial charge in [0, 0.05) is 12.2 Å². The van der Waals surface area contributed by atoms with Crippen molar-refractivity contribution in [2.24, 2.45) is 0 Å². The molecule has 0 aliphatic heterocycles. The highest BCUT2D eigenvalue weighted by Gasteiger charge is 2.14. The zero-order valence-electron chi connectivity index (χ0n) is 10.8. The smallest absolute Gasteiger partial charge is 0.163 e. The van der Waals surface area contributed by atoms with E-state index >= 15 is 0 Å². The quantitative estimate of drug-likeness (QED) is 0.547. The van der Waals surface area contributed by atoms with Gasteiger partial charge in [-0.1, -0.05) is 26.2 Å². The number of Topliss-reactive ketones (excluding diaryl/α,β-unsaturated/α-hetero) is 1. The van der Waals surface area contributed by atoms with Crippen LogP contribution in [0.3, 0.4) is 0 Å². The van der Waals surface area contributed by atoms with Crippen molar-refractivity contribution in [3.63, 3.8) is 0 Å². The van der Waals surface area contributed by atoms with Gasteiger partial charge in [-0.05, 0) is 27.2 Å². The zero-order valence-corrected chi connectivity index (χ0v) is 10.8.